The number of unbranched alkanes of at least 4 members (excludes halogenated alkanes) is 1. The summed E-state index contributed by atoms with van der Waals surface area (Å²) in [6, 6.07) is 0. The van der Waals surface area contributed by atoms with Crippen LogP contribution in [0.5, 0.6) is 0 Å². The fourth-order valence-electron chi connectivity index (χ4n) is 1.24. The molecule has 0 aliphatic carbocycles. The summed E-state index contributed by atoms with van der Waals surface area (Å²) in [7, 11) is -2.09. The van der Waals surface area contributed by atoms with Crippen LogP contribution in [0.1, 0.15) is 19.8 Å². The number of nitrogens with one attached hydrogen (secondary N) is 1. The lowest BCUT2D eigenvalue weighted by molar-refractivity contribution is -0.117. The Bertz CT molecular complexity index is 379. The molecule has 0 atom stereocenters. The molecule has 0 unspecified atom stereocenters. The van der Waals surface area contributed by atoms with Crippen LogP contribution in [0.3, 0.4) is 0 Å². The van der Waals surface area contributed by atoms with Gasteiger partial charge in [0, 0.05) is 18.7 Å². The summed E-state index contributed by atoms with van der Waals surface area (Å²) < 4.78 is 29.6. The number of hydrogen-bond acceptors (Lipinski definition) is 4. The molecule has 0 aromatic rings. The summed E-state index contributed by atoms with van der Waals surface area (Å²) in [5.41, 5.74) is 0.486. The molecule has 2 N–H and O–H groups in total. The fraction of sp³-hybridized carbons (Fsp3) is 0.727. The topological polar surface area (TPSA) is 86.7 Å². The molecule has 0 aliphatic heterocycles. The van der Waals surface area contributed by atoms with Crippen molar-refractivity contribution in [3.05, 3.63) is 12.2 Å². The van der Waals surface area contributed by atoms with Crippen LogP contribution in [0.25, 0.3) is 0 Å². The number of amides is 1. The predicted octanol–water partition coefficient (Wildman–Crippen LogP) is 0.279. The van der Waals surface area contributed by atoms with E-state index in [9.17, 15) is 13.2 Å². The second-order valence-corrected chi connectivity index (χ2v) is 5.90. The summed E-state index contributed by atoms with van der Waals surface area (Å²) >= 11 is 0. The van der Waals surface area contributed by atoms with Crippen LogP contribution in [0, 0.1) is 0 Å². The maximum atomic E-state index is 11.1. The van der Waals surface area contributed by atoms with Crippen LogP contribution in [0.2, 0.25) is 0 Å². The minimum absolute atomic E-state index is 0.144. The maximum absolute atomic E-state index is 11.1. The zero-order valence-electron chi connectivity index (χ0n) is 11.0. The number of carbonyl (C=O) groups is 1. The van der Waals surface area contributed by atoms with Gasteiger partial charge in [0.05, 0.1) is 5.75 Å². The minimum Gasteiger partial charge on any atom is -0.352 e. The molecule has 0 fully saturated rings. The maximum Gasteiger partial charge on any atom is 0.266 e. The zero-order chi connectivity index (χ0) is 14.2. The van der Waals surface area contributed by atoms with E-state index in [1.165, 1.54) is 0 Å². The summed E-state index contributed by atoms with van der Waals surface area (Å²) in [4.78, 5) is 13.0. The highest BCUT2D eigenvalue weighted by Crippen LogP contribution is 1.94. The van der Waals surface area contributed by atoms with E-state index in [2.05, 4.69) is 11.9 Å². The van der Waals surface area contributed by atoms with Gasteiger partial charge in [-0.05, 0) is 33.4 Å². The van der Waals surface area contributed by atoms with Crippen molar-refractivity contribution in [2.24, 2.45) is 0 Å². The molecule has 0 aromatic carbocycles. The highest BCUT2D eigenvalue weighted by Gasteiger charge is 2.07. The van der Waals surface area contributed by atoms with Gasteiger partial charge >= 0.3 is 0 Å². The third-order valence-electron chi connectivity index (χ3n) is 2.37. The van der Waals surface area contributed by atoms with Crippen molar-refractivity contribution in [1.29, 1.82) is 0 Å². The van der Waals surface area contributed by atoms with Crippen molar-refractivity contribution in [3.63, 3.8) is 0 Å². The smallest absolute Gasteiger partial charge is 0.266 e. The summed E-state index contributed by atoms with van der Waals surface area (Å²) in [5.74, 6) is -0.398. The van der Waals surface area contributed by atoms with Crippen molar-refractivity contribution in [2.45, 2.75) is 19.8 Å². The fourth-order valence-corrected chi connectivity index (χ4v) is 1.78. The first-order chi connectivity index (χ1) is 8.22. The zero-order valence-corrected chi connectivity index (χ0v) is 11.8. The van der Waals surface area contributed by atoms with Crippen LogP contribution in [-0.4, -0.2) is 56.2 Å². The van der Waals surface area contributed by atoms with Gasteiger partial charge in [0.1, 0.15) is 0 Å². The summed E-state index contributed by atoms with van der Waals surface area (Å²) in [6.45, 7) is 6.78. The first kappa shape index (κ1) is 17.1. The Morgan fingerprint density at radius 3 is 2.44 bits per heavy atom. The summed E-state index contributed by atoms with van der Waals surface area (Å²) in [5, 5.41) is 2.72. The monoisotopic (exact) mass is 278 g/mol. The van der Waals surface area contributed by atoms with E-state index in [0.717, 1.165) is 19.4 Å². The lowest BCUT2D eigenvalue weighted by Gasteiger charge is -2.15. The lowest BCUT2D eigenvalue weighted by atomic mass is 10.2. The van der Waals surface area contributed by atoms with Crippen molar-refractivity contribution in [3.8, 4) is 0 Å². The molecule has 7 heteroatoms. The molecule has 6 nitrogen and oxygen atoms in total. The van der Waals surface area contributed by atoms with Gasteiger partial charge in [-0.1, -0.05) is 6.58 Å². The van der Waals surface area contributed by atoms with Gasteiger partial charge in [-0.2, -0.15) is 8.42 Å². The van der Waals surface area contributed by atoms with Crippen LogP contribution in [0.4, 0.5) is 0 Å². The molecular formula is C11H22N2O4S. The molecular weight excluding hydrogens is 256 g/mol. The number of nitrogens with zero attached hydrogens (tertiary/aromatic N) is 1. The molecule has 0 saturated carbocycles. The van der Waals surface area contributed by atoms with E-state index < -0.39 is 10.1 Å². The van der Waals surface area contributed by atoms with Crippen molar-refractivity contribution < 1.29 is 17.8 Å². The summed E-state index contributed by atoms with van der Waals surface area (Å²) in [6.07, 6.45) is 1.66. The van der Waals surface area contributed by atoms with Gasteiger partial charge in [-0.15, -0.1) is 0 Å². The lowest BCUT2D eigenvalue weighted by Crippen LogP contribution is -2.28. The Kier molecular flexibility index (Phi) is 7.81. The first-order valence-electron chi connectivity index (χ1n) is 5.80. The van der Waals surface area contributed by atoms with Gasteiger partial charge < -0.3 is 10.2 Å². The quantitative estimate of drug-likeness (QED) is 0.359. The Morgan fingerprint density at radius 2 is 1.94 bits per heavy atom. The molecule has 18 heavy (non-hydrogen) atoms. The third-order valence-corrected chi connectivity index (χ3v) is 3.07. The molecule has 0 heterocycles. The van der Waals surface area contributed by atoms with Crippen molar-refractivity contribution in [1.82, 2.24) is 10.2 Å². The molecule has 0 bridgehead atoms. The molecule has 0 radical (unpaired) electrons. The largest absolute Gasteiger partial charge is 0.352 e. The van der Waals surface area contributed by atoms with E-state index in [0.29, 0.717) is 18.7 Å². The van der Waals surface area contributed by atoms with E-state index in [4.69, 9.17) is 4.55 Å². The minimum atomic E-state index is -3.88. The normalized spacial score (nSPS) is 11.6. The van der Waals surface area contributed by atoms with E-state index in [-0.39, 0.29) is 11.7 Å². The standard InChI is InChI=1S/C11H22N2O4S/c1-10(2)11(14)12-6-4-5-7-13(3)8-9-18(15,16)17/h1,4-9H2,2-3H3,(H,12,14)(H,15,16,17). The Labute approximate surface area is 109 Å². The number of rotatable bonds is 9. The van der Waals surface area contributed by atoms with Crippen LogP contribution in [0.15, 0.2) is 12.2 Å². The van der Waals surface area contributed by atoms with Crippen LogP contribution in [-0.2, 0) is 14.9 Å². The second-order valence-electron chi connectivity index (χ2n) is 4.33. The molecule has 0 saturated heterocycles. The van der Waals surface area contributed by atoms with Crippen LogP contribution >= 0.6 is 0 Å². The Morgan fingerprint density at radius 1 is 1.33 bits per heavy atom. The van der Waals surface area contributed by atoms with Crippen molar-refractivity contribution >= 4 is 16.0 Å². The molecule has 0 aromatic heterocycles. The van der Waals surface area contributed by atoms with Gasteiger partial charge in [0.2, 0.25) is 5.91 Å². The van der Waals surface area contributed by atoms with Gasteiger partial charge in [-0.3, -0.25) is 9.35 Å². The third kappa shape index (κ3) is 10.2. The van der Waals surface area contributed by atoms with Crippen molar-refractivity contribution in [2.75, 3.05) is 32.4 Å². The molecule has 0 spiro atoms. The Balaban J connectivity index is 3.55. The Hall–Kier alpha value is -0.920. The van der Waals surface area contributed by atoms with Gasteiger partial charge in [-0.25, -0.2) is 0 Å². The predicted molar refractivity (Wildman–Crippen MR) is 71.0 cm³/mol. The second kappa shape index (κ2) is 8.23. The number of hydrogen-bond donors (Lipinski definition) is 2. The SMILES string of the molecule is C=C(C)C(=O)NCCCCN(C)CCS(=O)(=O)O. The van der Waals surface area contributed by atoms with Crippen LogP contribution < -0.4 is 5.32 Å². The van der Waals surface area contributed by atoms with E-state index in [1.54, 1.807) is 14.0 Å². The average molecular weight is 278 g/mol. The highest BCUT2D eigenvalue weighted by atomic mass is 32.2. The van der Waals surface area contributed by atoms with Gasteiger partial charge in [0.25, 0.3) is 10.1 Å². The first-order valence-corrected chi connectivity index (χ1v) is 7.40. The number of carbonyl (C=O) groups excluding carboxylic acids is 1. The average Bonchev–Trinajstić information content (AvgIpc) is 2.24. The van der Waals surface area contributed by atoms with Gasteiger partial charge in [0.15, 0.2) is 0 Å². The highest BCUT2D eigenvalue weighted by molar-refractivity contribution is 7.85. The molecule has 0 aliphatic rings. The van der Waals surface area contributed by atoms with E-state index in [1.807, 2.05) is 4.90 Å². The molecule has 0 rings (SSSR count). The molecule has 1 amide bonds. The molecule has 106 valence electrons. The van der Waals surface area contributed by atoms with E-state index >= 15 is 0 Å².